The SMILES string of the molecule is CN(C)C(=O)N1CCN(C(=O)C2CCCNC2)CC1.Cl. The smallest absolute Gasteiger partial charge is 0.319 e. The Bertz CT molecular complexity index is 337. The van der Waals surface area contributed by atoms with Gasteiger partial charge in [0.1, 0.15) is 0 Å². The van der Waals surface area contributed by atoms with Crippen LogP contribution in [0, 0.1) is 5.92 Å². The molecule has 2 aliphatic heterocycles. The zero-order valence-corrected chi connectivity index (χ0v) is 13.1. The predicted molar refractivity (Wildman–Crippen MR) is 80.1 cm³/mol. The van der Waals surface area contributed by atoms with Gasteiger partial charge in [-0.3, -0.25) is 4.79 Å². The number of carbonyl (C=O) groups excluding carboxylic acids is 2. The third-order valence-corrected chi connectivity index (χ3v) is 3.89. The van der Waals surface area contributed by atoms with Crippen LogP contribution in [0.15, 0.2) is 0 Å². The van der Waals surface area contributed by atoms with Gasteiger partial charge in [0, 0.05) is 46.8 Å². The normalized spacial score (nSPS) is 23.0. The Morgan fingerprint density at radius 1 is 1.10 bits per heavy atom. The number of rotatable bonds is 1. The second-order valence-electron chi connectivity index (χ2n) is 5.53. The van der Waals surface area contributed by atoms with Gasteiger partial charge in [-0.1, -0.05) is 0 Å². The van der Waals surface area contributed by atoms with E-state index in [0.717, 1.165) is 25.9 Å². The first kappa shape index (κ1) is 17.0. The molecule has 0 aliphatic carbocycles. The van der Waals surface area contributed by atoms with E-state index < -0.39 is 0 Å². The van der Waals surface area contributed by atoms with Crippen molar-refractivity contribution in [3.8, 4) is 0 Å². The molecule has 0 aromatic rings. The molecule has 20 heavy (non-hydrogen) atoms. The van der Waals surface area contributed by atoms with E-state index in [4.69, 9.17) is 0 Å². The topological polar surface area (TPSA) is 55.9 Å². The molecule has 2 heterocycles. The average molecular weight is 305 g/mol. The summed E-state index contributed by atoms with van der Waals surface area (Å²) >= 11 is 0. The quantitative estimate of drug-likeness (QED) is 0.755. The van der Waals surface area contributed by atoms with Crippen molar-refractivity contribution in [1.82, 2.24) is 20.0 Å². The maximum atomic E-state index is 12.3. The van der Waals surface area contributed by atoms with Crippen LogP contribution in [0.3, 0.4) is 0 Å². The van der Waals surface area contributed by atoms with Gasteiger partial charge in [-0.15, -0.1) is 12.4 Å². The molecule has 2 rings (SSSR count). The van der Waals surface area contributed by atoms with Gasteiger partial charge >= 0.3 is 6.03 Å². The lowest BCUT2D eigenvalue weighted by Gasteiger charge is -2.38. The van der Waals surface area contributed by atoms with Gasteiger partial charge in [-0.2, -0.15) is 0 Å². The lowest BCUT2D eigenvalue weighted by molar-refractivity contribution is -0.137. The second-order valence-corrected chi connectivity index (χ2v) is 5.53. The Kier molecular flexibility index (Phi) is 6.55. The van der Waals surface area contributed by atoms with Crippen LogP contribution in [0.5, 0.6) is 0 Å². The Labute approximate surface area is 126 Å². The molecule has 0 saturated carbocycles. The summed E-state index contributed by atoms with van der Waals surface area (Å²) in [5.41, 5.74) is 0. The van der Waals surface area contributed by atoms with Crippen molar-refractivity contribution in [2.75, 3.05) is 53.4 Å². The maximum Gasteiger partial charge on any atom is 0.319 e. The minimum Gasteiger partial charge on any atom is -0.339 e. The zero-order valence-electron chi connectivity index (χ0n) is 12.3. The largest absolute Gasteiger partial charge is 0.339 e. The number of piperidine rings is 1. The van der Waals surface area contributed by atoms with Crippen LogP contribution < -0.4 is 5.32 Å². The molecular formula is C13H25ClN4O2. The molecule has 1 unspecified atom stereocenters. The molecule has 0 radical (unpaired) electrons. The highest BCUT2D eigenvalue weighted by Gasteiger charge is 2.29. The fraction of sp³-hybridized carbons (Fsp3) is 0.846. The molecule has 6 nitrogen and oxygen atoms in total. The van der Waals surface area contributed by atoms with Crippen molar-refractivity contribution >= 4 is 24.3 Å². The summed E-state index contributed by atoms with van der Waals surface area (Å²) in [6, 6.07) is 0.0337. The third kappa shape index (κ3) is 3.99. The van der Waals surface area contributed by atoms with Gasteiger partial charge < -0.3 is 20.0 Å². The highest BCUT2D eigenvalue weighted by molar-refractivity contribution is 5.85. The summed E-state index contributed by atoms with van der Waals surface area (Å²) in [6.45, 7) is 4.43. The molecule has 116 valence electrons. The Balaban J connectivity index is 0.00000200. The Morgan fingerprint density at radius 2 is 1.70 bits per heavy atom. The molecule has 7 heteroatoms. The molecule has 0 spiro atoms. The van der Waals surface area contributed by atoms with Crippen LogP contribution in [0.1, 0.15) is 12.8 Å². The van der Waals surface area contributed by atoms with Crippen molar-refractivity contribution < 1.29 is 9.59 Å². The van der Waals surface area contributed by atoms with E-state index in [0.29, 0.717) is 26.2 Å². The number of hydrogen-bond donors (Lipinski definition) is 1. The van der Waals surface area contributed by atoms with Crippen LogP contribution in [0.2, 0.25) is 0 Å². The second kappa shape index (κ2) is 7.69. The average Bonchev–Trinajstić information content (AvgIpc) is 2.46. The van der Waals surface area contributed by atoms with E-state index in [-0.39, 0.29) is 30.3 Å². The summed E-state index contributed by atoms with van der Waals surface area (Å²) in [4.78, 5) is 29.5. The monoisotopic (exact) mass is 304 g/mol. The first-order valence-corrected chi connectivity index (χ1v) is 7.05. The first-order chi connectivity index (χ1) is 9.09. The van der Waals surface area contributed by atoms with E-state index in [2.05, 4.69) is 5.32 Å². The lowest BCUT2D eigenvalue weighted by Crippen LogP contribution is -2.55. The summed E-state index contributed by atoms with van der Waals surface area (Å²) < 4.78 is 0. The van der Waals surface area contributed by atoms with Crippen LogP contribution >= 0.6 is 12.4 Å². The summed E-state index contributed by atoms with van der Waals surface area (Å²) in [5, 5.41) is 3.28. The van der Waals surface area contributed by atoms with Gasteiger partial charge in [0.2, 0.25) is 5.91 Å². The van der Waals surface area contributed by atoms with Gasteiger partial charge in [-0.05, 0) is 19.4 Å². The summed E-state index contributed by atoms with van der Waals surface area (Å²) in [7, 11) is 3.51. The first-order valence-electron chi connectivity index (χ1n) is 7.05. The highest BCUT2D eigenvalue weighted by atomic mass is 35.5. The Hall–Kier alpha value is -1.01. The predicted octanol–water partition coefficient (Wildman–Crippen LogP) is 0.234. The fourth-order valence-corrected chi connectivity index (χ4v) is 2.72. The summed E-state index contributed by atoms with van der Waals surface area (Å²) in [6.07, 6.45) is 2.07. The number of piperazine rings is 1. The molecule has 1 N–H and O–H groups in total. The van der Waals surface area contributed by atoms with E-state index in [1.165, 1.54) is 0 Å². The number of nitrogens with one attached hydrogen (secondary N) is 1. The van der Waals surface area contributed by atoms with Crippen molar-refractivity contribution in [3.05, 3.63) is 0 Å². The highest BCUT2D eigenvalue weighted by Crippen LogP contribution is 2.15. The molecule has 0 aromatic heterocycles. The molecule has 2 aliphatic rings. The number of urea groups is 1. The Morgan fingerprint density at radius 3 is 2.20 bits per heavy atom. The van der Waals surface area contributed by atoms with E-state index >= 15 is 0 Å². The molecule has 2 fully saturated rings. The minimum absolute atomic E-state index is 0. The number of hydrogen-bond acceptors (Lipinski definition) is 3. The summed E-state index contributed by atoms with van der Waals surface area (Å²) in [5.74, 6) is 0.383. The van der Waals surface area contributed by atoms with Crippen molar-refractivity contribution in [3.63, 3.8) is 0 Å². The van der Waals surface area contributed by atoms with Crippen LogP contribution in [0.4, 0.5) is 4.79 Å². The van der Waals surface area contributed by atoms with Crippen LogP contribution in [-0.4, -0.2) is 80.0 Å². The van der Waals surface area contributed by atoms with E-state index in [1.807, 2.05) is 9.80 Å². The lowest BCUT2D eigenvalue weighted by atomic mass is 9.98. The van der Waals surface area contributed by atoms with Crippen LogP contribution in [0.25, 0.3) is 0 Å². The number of halogens is 1. The molecular weight excluding hydrogens is 280 g/mol. The molecule has 1 atom stereocenters. The molecule has 0 bridgehead atoms. The number of carbonyl (C=O) groups is 2. The van der Waals surface area contributed by atoms with E-state index in [1.54, 1.807) is 19.0 Å². The van der Waals surface area contributed by atoms with Gasteiger partial charge in [0.25, 0.3) is 0 Å². The third-order valence-electron chi connectivity index (χ3n) is 3.89. The molecule has 0 aromatic carbocycles. The number of nitrogens with zero attached hydrogens (tertiary/aromatic N) is 3. The standard InChI is InChI=1S/C13H24N4O2.ClH/c1-15(2)13(19)17-8-6-16(7-9-17)12(18)11-4-3-5-14-10-11;/h11,14H,3-10H2,1-2H3;1H. The van der Waals surface area contributed by atoms with Crippen molar-refractivity contribution in [2.45, 2.75) is 12.8 Å². The minimum atomic E-state index is 0. The maximum absolute atomic E-state index is 12.3. The van der Waals surface area contributed by atoms with Crippen molar-refractivity contribution in [2.24, 2.45) is 5.92 Å². The zero-order chi connectivity index (χ0) is 13.8. The van der Waals surface area contributed by atoms with Gasteiger partial charge in [0.05, 0.1) is 5.92 Å². The molecule has 2 saturated heterocycles. The van der Waals surface area contributed by atoms with E-state index in [9.17, 15) is 9.59 Å². The van der Waals surface area contributed by atoms with Crippen molar-refractivity contribution in [1.29, 1.82) is 0 Å². The van der Waals surface area contributed by atoms with Crippen LogP contribution in [-0.2, 0) is 4.79 Å². The molecule has 3 amide bonds. The number of amides is 3. The fourth-order valence-electron chi connectivity index (χ4n) is 2.72. The van der Waals surface area contributed by atoms with Gasteiger partial charge in [0.15, 0.2) is 0 Å². The van der Waals surface area contributed by atoms with Gasteiger partial charge in [-0.25, -0.2) is 4.79 Å².